The standard InChI is InChI=1S/C17H13N3O7S/c1-2-27-17(24)11-5-6-28-14(11)18-13(21)8-19-15(22)10-4-3-9(20(25)26)7-12(10)16(19)23/h3-7H,2,8H2,1H3,(H,18,21). The molecule has 11 heteroatoms. The number of nitro groups is 1. The Morgan fingerprint density at radius 3 is 2.61 bits per heavy atom. The minimum absolute atomic E-state index is 0.00765. The van der Waals surface area contributed by atoms with Crippen molar-refractivity contribution in [3.05, 3.63) is 56.5 Å². The highest BCUT2D eigenvalue weighted by Gasteiger charge is 2.38. The van der Waals surface area contributed by atoms with E-state index in [9.17, 15) is 29.3 Å². The number of rotatable bonds is 6. The molecule has 10 nitrogen and oxygen atoms in total. The normalized spacial score (nSPS) is 12.7. The highest BCUT2D eigenvalue weighted by molar-refractivity contribution is 7.14. The number of imide groups is 1. The van der Waals surface area contributed by atoms with Crippen LogP contribution in [0.2, 0.25) is 0 Å². The molecular formula is C17H13N3O7S. The third-order valence-electron chi connectivity index (χ3n) is 3.88. The molecule has 2 aromatic rings. The van der Waals surface area contributed by atoms with Gasteiger partial charge in [0.2, 0.25) is 5.91 Å². The molecule has 0 saturated carbocycles. The average molecular weight is 403 g/mol. The molecule has 28 heavy (non-hydrogen) atoms. The summed E-state index contributed by atoms with van der Waals surface area (Å²) in [5.41, 5.74) is -0.302. The van der Waals surface area contributed by atoms with Crippen LogP contribution in [0.25, 0.3) is 0 Å². The highest BCUT2D eigenvalue weighted by atomic mass is 32.1. The minimum atomic E-state index is -0.796. The maximum atomic E-state index is 12.4. The van der Waals surface area contributed by atoms with Gasteiger partial charge in [0, 0.05) is 12.1 Å². The van der Waals surface area contributed by atoms with E-state index in [1.807, 2.05) is 0 Å². The van der Waals surface area contributed by atoms with Crippen LogP contribution in [0.1, 0.15) is 38.0 Å². The van der Waals surface area contributed by atoms with Crippen molar-refractivity contribution in [2.75, 3.05) is 18.5 Å². The quantitative estimate of drug-likeness (QED) is 0.337. The second-order valence-electron chi connectivity index (χ2n) is 5.62. The van der Waals surface area contributed by atoms with Crippen LogP contribution in [0.15, 0.2) is 29.6 Å². The Hall–Kier alpha value is -3.60. The largest absolute Gasteiger partial charge is 0.462 e. The lowest BCUT2D eigenvalue weighted by atomic mass is 10.1. The summed E-state index contributed by atoms with van der Waals surface area (Å²) in [5, 5.41) is 15.2. The summed E-state index contributed by atoms with van der Waals surface area (Å²) >= 11 is 1.09. The molecule has 0 bridgehead atoms. The fraction of sp³-hybridized carbons (Fsp3) is 0.176. The van der Waals surface area contributed by atoms with E-state index in [0.29, 0.717) is 4.90 Å². The molecule has 1 N–H and O–H groups in total. The fourth-order valence-electron chi connectivity index (χ4n) is 2.62. The van der Waals surface area contributed by atoms with Gasteiger partial charge in [0.1, 0.15) is 11.5 Å². The molecule has 0 fully saturated rings. The minimum Gasteiger partial charge on any atom is -0.462 e. The Bertz CT molecular complexity index is 1010. The van der Waals surface area contributed by atoms with Crippen LogP contribution in [-0.4, -0.2) is 46.7 Å². The summed E-state index contributed by atoms with van der Waals surface area (Å²) in [6.45, 7) is 1.22. The Morgan fingerprint density at radius 2 is 1.93 bits per heavy atom. The summed E-state index contributed by atoms with van der Waals surface area (Å²) < 4.78 is 4.89. The molecule has 0 radical (unpaired) electrons. The lowest BCUT2D eigenvalue weighted by molar-refractivity contribution is -0.384. The van der Waals surface area contributed by atoms with E-state index < -0.39 is 35.2 Å². The van der Waals surface area contributed by atoms with Crippen molar-refractivity contribution in [3.8, 4) is 0 Å². The Morgan fingerprint density at radius 1 is 1.21 bits per heavy atom. The number of esters is 1. The Labute approximate surface area is 161 Å². The van der Waals surface area contributed by atoms with Gasteiger partial charge < -0.3 is 10.1 Å². The summed E-state index contributed by atoms with van der Waals surface area (Å²) in [7, 11) is 0. The van der Waals surface area contributed by atoms with Crippen LogP contribution in [-0.2, 0) is 9.53 Å². The third kappa shape index (κ3) is 3.47. The highest BCUT2D eigenvalue weighted by Crippen LogP contribution is 2.27. The summed E-state index contributed by atoms with van der Waals surface area (Å²) in [6.07, 6.45) is 0. The predicted molar refractivity (Wildman–Crippen MR) is 97.4 cm³/mol. The Kier molecular flexibility index (Phi) is 5.18. The van der Waals surface area contributed by atoms with Crippen LogP contribution in [0.5, 0.6) is 0 Å². The van der Waals surface area contributed by atoms with Gasteiger partial charge >= 0.3 is 5.97 Å². The van der Waals surface area contributed by atoms with Gasteiger partial charge in [0.25, 0.3) is 17.5 Å². The van der Waals surface area contributed by atoms with Gasteiger partial charge in [-0.1, -0.05) is 0 Å². The predicted octanol–water partition coefficient (Wildman–Crippen LogP) is 2.07. The number of carbonyl (C=O) groups is 4. The number of non-ortho nitro benzene ring substituents is 1. The molecule has 2 heterocycles. The number of fused-ring (bicyclic) bond motifs is 1. The average Bonchev–Trinajstić information content (AvgIpc) is 3.20. The van der Waals surface area contributed by atoms with Crippen molar-refractivity contribution in [3.63, 3.8) is 0 Å². The first-order chi connectivity index (χ1) is 13.3. The Balaban J connectivity index is 1.74. The van der Waals surface area contributed by atoms with Crippen molar-refractivity contribution in [2.45, 2.75) is 6.92 Å². The van der Waals surface area contributed by atoms with E-state index in [1.54, 1.807) is 12.3 Å². The van der Waals surface area contributed by atoms with Gasteiger partial charge in [-0.15, -0.1) is 11.3 Å². The number of benzene rings is 1. The first-order valence-electron chi connectivity index (χ1n) is 8.02. The van der Waals surface area contributed by atoms with Crippen molar-refractivity contribution in [1.29, 1.82) is 0 Å². The topological polar surface area (TPSA) is 136 Å². The number of nitrogens with one attached hydrogen (secondary N) is 1. The number of nitro benzene ring substituents is 1. The molecule has 1 aliphatic heterocycles. The van der Waals surface area contributed by atoms with Crippen molar-refractivity contribution in [2.24, 2.45) is 0 Å². The molecule has 1 aromatic carbocycles. The van der Waals surface area contributed by atoms with Gasteiger partial charge in [0.05, 0.1) is 28.2 Å². The smallest absolute Gasteiger partial charge is 0.341 e. The number of hydrogen-bond acceptors (Lipinski definition) is 8. The van der Waals surface area contributed by atoms with E-state index >= 15 is 0 Å². The summed E-state index contributed by atoms with van der Waals surface area (Å²) in [5.74, 6) is -2.82. The van der Waals surface area contributed by atoms with Crippen molar-refractivity contribution >= 4 is 45.7 Å². The fourth-order valence-corrected chi connectivity index (χ4v) is 3.41. The maximum Gasteiger partial charge on any atom is 0.341 e. The number of thiophene rings is 1. The van der Waals surface area contributed by atoms with Crippen LogP contribution < -0.4 is 5.32 Å². The first-order valence-corrected chi connectivity index (χ1v) is 8.90. The molecule has 0 saturated heterocycles. The van der Waals surface area contributed by atoms with Crippen molar-refractivity contribution in [1.82, 2.24) is 4.90 Å². The molecule has 3 rings (SSSR count). The molecular weight excluding hydrogens is 390 g/mol. The number of hydrogen-bond donors (Lipinski definition) is 1. The lowest BCUT2D eigenvalue weighted by Gasteiger charge is -2.13. The van der Waals surface area contributed by atoms with E-state index in [2.05, 4.69) is 5.32 Å². The number of nitrogens with zero attached hydrogens (tertiary/aromatic N) is 2. The van der Waals surface area contributed by atoms with E-state index in [0.717, 1.165) is 23.5 Å². The zero-order valence-electron chi connectivity index (χ0n) is 14.5. The zero-order valence-corrected chi connectivity index (χ0v) is 15.3. The molecule has 1 aliphatic rings. The molecule has 144 valence electrons. The van der Waals surface area contributed by atoms with Gasteiger partial charge in [-0.05, 0) is 24.4 Å². The number of carbonyl (C=O) groups excluding carboxylic acids is 4. The number of ether oxygens (including phenoxy) is 1. The number of anilines is 1. The second-order valence-corrected chi connectivity index (χ2v) is 6.53. The van der Waals surface area contributed by atoms with Crippen LogP contribution in [0, 0.1) is 10.1 Å². The van der Waals surface area contributed by atoms with Gasteiger partial charge in [-0.3, -0.25) is 29.4 Å². The third-order valence-corrected chi connectivity index (χ3v) is 4.71. The van der Waals surface area contributed by atoms with Crippen LogP contribution in [0.3, 0.4) is 0 Å². The molecule has 0 unspecified atom stereocenters. The van der Waals surface area contributed by atoms with E-state index in [-0.39, 0.29) is 34.0 Å². The summed E-state index contributed by atoms with van der Waals surface area (Å²) in [6, 6.07) is 4.79. The maximum absolute atomic E-state index is 12.4. The first kappa shape index (κ1) is 19.2. The van der Waals surface area contributed by atoms with E-state index in [1.165, 1.54) is 12.1 Å². The van der Waals surface area contributed by atoms with Crippen LogP contribution >= 0.6 is 11.3 Å². The monoisotopic (exact) mass is 403 g/mol. The molecule has 3 amide bonds. The molecule has 1 aromatic heterocycles. The number of amides is 3. The molecule has 0 spiro atoms. The van der Waals surface area contributed by atoms with Gasteiger partial charge in [0.15, 0.2) is 0 Å². The molecule has 0 aliphatic carbocycles. The summed E-state index contributed by atoms with van der Waals surface area (Å²) in [4.78, 5) is 59.8. The van der Waals surface area contributed by atoms with Gasteiger partial charge in [-0.2, -0.15) is 0 Å². The van der Waals surface area contributed by atoms with Gasteiger partial charge in [-0.25, -0.2) is 4.79 Å². The zero-order chi connectivity index (χ0) is 20.4. The van der Waals surface area contributed by atoms with E-state index in [4.69, 9.17) is 4.74 Å². The van der Waals surface area contributed by atoms with Crippen LogP contribution in [0.4, 0.5) is 10.7 Å². The SMILES string of the molecule is CCOC(=O)c1ccsc1NC(=O)CN1C(=O)c2ccc([N+](=O)[O-])cc2C1=O. The second kappa shape index (κ2) is 7.56. The lowest BCUT2D eigenvalue weighted by Crippen LogP contribution is -2.37. The van der Waals surface area contributed by atoms with Crippen molar-refractivity contribution < 1.29 is 28.8 Å². The molecule has 0 atom stereocenters.